The number of carbonyl (C=O) groups is 2. The van der Waals surface area contributed by atoms with Crippen molar-refractivity contribution in [3.63, 3.8) is 0 Å². The SMILES string of the molecule is CCc1ccccc1C(=O)C(=O)NC(C)(C)C. The maximum Gasteiger partial charge on any atom is 0.292 e. The zero-order valence-corrected chi connectivity index (χ0v) is 10.8. The van der Waals surface area contributed by atoms with Gasteiger partial charge < -0.3 is 5.32 Å². The number of rotatable bonds is 3. The highest BCUT2D eigenvalue weighted by molar-refractivity contribution is 6.43. The molecule has 0 bridgehead atoms. The van der Waals surface area contributed by atoms with Gasteiger partial charge in [0, 0.05) is 11.1 Å². The molecule has 0 fully saturated rings. The minimum atomic E-state index is -0.543. The van der Waals surface area contributed by atoms with Crippen LogP contribution in [0.25, 0.3) is 0 Å². The summed E-state index contributed by atoms with van der Waals surface area (Å²) in [6.45, 7) is 7.52. The van der Waals surface area contributed by atoms with Crippen molar-refractivity contribution in [3.8, 4) is 0 Å². The van der Waals surface area contributed by atoms with E-state index in [1.54, 1.807) is 12.1 Å². The van der Waals surface area contributed by atoms with Gasteiger partial charge in [-0.25, -0.2) is 0 Å². The molecule has 3 heteroatoms. The fourth-order valence-electron chi connectivity index (χ4n) is 1.57. The average Bonchev–Trinajstić information content (AvgIpc) is 2.25. The van der Waals surface area contributed by atoms with Crippen molar-refractivity contribution in [2.75, 3.05) is 0 Å². The van der Waals surface area contributed by atoms with E-state index in [1.165, 1.54) is 0 Å². The molecule has 1 aromatic rings. The van der Waals surface area contributed by atoms with E-state index in [4.69, 9.17) is 0 Å². The van der Waals surface area contributed by atoms with Gasteiger partial charge in [-0.1, -0.05) is 31.2 Å². The molecule has 3 nitrogen and oxygen atoms in total. The molecule has 1 N–H and O–H groups in total. The standard InChI is InChI=1S/C14H19NO2/c1-5-10-8-6-7-9-11(10)12(16)13(17)15-14(2,3)4/h6-9H,5H2,1-4H3,(H,15,17). The summed E-state index contributed by atoms with van der Waals surface area (Å²) in [7, 11) is 0. The average molecular weight is 233 g/mol. The van der Waals surface area contributed by atoms with E-state index in [9.17, 15) is 9.59 Å². The molecule has 0 aromatic heterocycles. The molecule has 1 aromatic carbocycles. The molecule has 0 spiro atoms. The Kier molecular flexibility index (Phi) is 4.05. The summed E-state index contributed by atoms with van der Waals surface area (Å²) >= 11 is 0. The normalized spacial score (nSPS) is 11.1. The van der Waals surface area contributed by atoms with Gasteiger partial charge in [0.1, 0.15) is 0 Å². The molecular weight excluding hydrogens is 214 g/mol. The van der Waals surface area contributed by atoms with Crippen LogP contribution in [0.15, 0.2) is 24.3 Å². The van der Waals surface area contributed by atoms with Crippen LogP contribution in [0.4, 0.5) is 0 Å². The van der Waals surface area contributed by atoms with Gasteiger partial charge in [0.2, 0.25) is 5.78 Å². The van der Waals surface area contributed by atoms with Crippen LogP contribution >= 0.6 is 0 Å². The molecule has 0 aliphatic heterocycles. The highest BCUT2D eigenvalue weighted by Gasteiger charge is 2.22. The van der Waals surface area contributed by atoms with Crippen LogP contribution in [0.1, 0.15) is 43.6 Å². The minimum absolute atomic E-state index is 0.395. The third kappa shape index (κ3) is 3.70. The van der Waals surface area contributed by atoms with Gasteiger partial charge in [0.05, 0.1) is 0 Å². The van der Waals surface area contributed by atoms with Crippen molar-refractivity contribution in [1.82, 2.24) is 5.32 Å². The van der Waals surface area contributed by atoms with E-state index in [0.29, 0.717) is 5.56 Å². The Morgan fingerprint density at radius 2 is 1.76 bits per heavy atom. The first-order valence-electron chi connectivity index (χ1n) is 5.80. The third-order valence-corrected chi connectivity index (χ3v) is 2.34. The van der Waals surface area contributed by atoms with Gasteiger partial charge in [-0.2, -0.15) is 0 Å². The summed E-state index contributed by atoms with van der Waals surface area (Å²) in [6.07, 6.45) is 0.741. The van der Waals surface area contributed by atoms with Gasteiger partial charge in [-0.05, 0) is 32.8 Å². The maximum atomic E-state index is 12.0. The number of carbonyl (C=O) groups excluding carboxylic acids is 2. The number of nitrogens with one attached hydrogen (secondary N) is 1. The molecule has 17 heavy (non-hydrogen) atoms. The molecule has 0 unspecified atom stereocenters. The third-order valence-electron chi connectivity index (χ3n) is 2.34. The van der Waals surface area contributed by atoms with Crippen LogP contribution in [0.2, 0.25) is 0 Å². The van der Waals surface area contributed by atoms with E-state index in [1.807, 2.05) is 39.8 Å². The Balaban J connectivity index is 2.93. The number of hydrogen-bond acceptors (Lipinski definition) is 2. The van der Waals surface area contributed by atoms with Crippen LogP contribution in [-0.2, 0) is 11.2 Å². The van der Waals surface area contributed by atoms with Crippen LogP contribution in [0.3, 0.4) is 0 Å². The van der Waals surface area contributed by atoms with Crippen molar-refractivity contribution in [3.05, 3.63) is 35.4 Å². The number of amides is 1. The lowest BCUT2D eigenvalue weighted by Gasteiger charge is -2.20. The monoisotopic (exact) mass is 233 g/mol. The first-order chi connectivity index (χ1) is 7.85. The number of Topliss-reactive ketones (excluding diaryl/α,β-unsaturated/α-hetero) is 1. The van der Waals surface area contributed by atoms with Crippen molar-refractivity contribution in [2.45, 2.75) is 39.7 Å². The molecule has 0 saturated carbocycles. The highest BCUT2D eigenvalue weighted by Crippen LogP contribution is 2.11. The molecule has 1 amide bonds. The van der Waals surface area contributed by atoms with Gasteiger partial charge in [0.25, 0.3) is 5.91 Å². The number of benzene rings is 1. The van der Waals surface area contributed by atoms with Crippen molar-refractivity contribution >= 4 is 11.7 Å². The van der Waals surface area contributed by atoms with E-state index in [2.05, 4.69) is 5.32 Å². The predicted octanol–water partition coefficient (Wildman–Crippen LogP) is 2.35. The molecular formula is C14H19NO2. The second kappa shape index (κ2) is 5.13. The number of ketones is 1. The van der Waals surface area contributed by atoms with Gasteiger partial charge in [-0.15, -0.1) is 0 Å². The Hall–Kier alpha value is -1.64. The summed E-state index contributed by atoms with van der Waals surface area (Å²) in [5, 5.41) is 2.68. The van der Waals surface area contributed by atoms with Crippen molar-refractivity contribution in [2.24, 2.45) is 0 Å². The second-order valence-electron chi connectivity index (χ2n) is 5.04. The lowest BCUT2D eigenvalue weighted by molar-refractivity contribution is -0.118. The van der Waals surface area contributed by atoms with Gasteiger partial charge in [-0.3, -0.25) is 9.59 Å². The lowest BCUT2D eigenvalue weighted by atomic mass is 10.0. The van der Waals surface area contributed by atoms with Crippen LogP contribution in [-0.4, -0.2) is 17.2 Å². The summed E-state index contributed by atoms with van der Waals surface area (Å²) in [4.78, 5) is 23.8. The van der Waals surface area contributed by atoms with E-state index >= 15 is 0 Å². The summed E-state index contributed by atoms with van der Waals surface area (Å²) in [6, 6.07) is 7.22. The molecule has 1 rings (SSSR count). The first kappa shape index (κ1) is 13.4. The molecule has 0 radical (unpaired) electrons. The molecule has 92 valence electrons. The Labute approximate surface area is 102 Å². The quantitative estimate of drug-likeness (QED) is 0.643. The first-order valence-corrected chi connectivity index (χ1v) is 5.80. The van der Waals surface area contributed by atoms with Gasteiger partial charge in [0.15, 0.2) is 0 Å². The van der Waals surface area contributed by atoms with E-state index in [-0.39, 0.29) is 0 Å². The zero-order valence-electron chi connectivity index (χ0n) is 10.8. The molecule has 0 aliphatic rings. The van der Waals surface area contributed by atoms with E-state index < -0.39 is 17.2 Å². The summed E-state index contributed by atoms with van der Waals surface area (Å²) < 4.78 is 0. The fraction of sp³-hybridized carbons (Fsp3) is 0.429. The highest BCUT2D eigenvalue weighted by atomic mass is 16.2. The Bertz CT molecular complexity index is 430. The summed E-state index contributed by atoms with van der Waals surface area (Å²) in [5.74, 6) is -1.00. The fourth-order valence-corrected chi connectivity index (χ4v) is 1.57. The van der Waals surface area contributed by atoms with Crippen molar-refractivity contribution in [1.29, 1.82) is 0 Å². The zero-order chi connectivity index (χ0) is 13.1. The molecule has 0 saturated heterocycles. The second-order valence-corrected chi connectivity index (χ2v) is 5.04. The Morgan fingerprint density at radius 3 is 2.29 bits per heavy atom. The lowest BCUT2D eigenvalue weighted by Crippen LogP contribution is -2.44. The summed E-state index contributed by atoms with van der Waals surface area (Å²) in [5.41, 5.74) is 1.01. The van der Waals surface area contributed by atoms with E-state index in [0.717, 1.165) is 12.0 Å². The largest absolute Gasteiger partial charge is 0.345 e. The van der Waals surface area contributed by atoms with Gasteiger partial charge >= 0.3 is 0 Å². The predicted molar refractivity (Wildman–Crippen MR) is 68.0 cm³/mol. The molecule has 0 atom stereocenters. The maximum absolute atomic E-state index is 12.0. The van der Waals surface area contributed by atoms with Crippen LogP contribution < -0.4 is 5.32 Å². The Morgan fingerprint density at radius 1 is 1.18 bits per heavy atom. The molecule has 0 aliphatic carbocycles. The minimum Gasteiger partial charge on any atom is -0.345 e. The number of hydrogen-bond donors (Lipinski definition) is 1. The van der Waals surface area contributed by atoms with Crippen molar-refractivity contribution < 1.29 is 9.59 Å². The smallest absolute Gasteiger partial charge is 0.292 e. The van der Waals surface area contributed by atoms with Crippen LogP contribution in [0, 0.1) is 0 Å². The topological polar surface area (TPSA) is 46.2 Å². The van der Waals surface area contributed by atoms with Crippen LogP contribution in [0.5, 0.6) is 0 Å². The number of aryl methyl sites for hydroxylation is 1. The molecule has 0 heterocycles.